The van der Waals surface area contributed by atoms with Crippen LogP contribution in [-0.4, -0.2) is 0 Å². The lowest BCUT2D eigenvalue weighted by Gasteiger charge is -2.34. The van der Waals surface area contributed by atoms with Gasteiger partial charge < -0.3 is 4.74 Å². The first-order valence-corrected chi connectivity index (χ1v) is 12.0. The number of benzene rings is 2. The highest BCUT2D eigenvalue weighted by molar-refractivity contribution is 7.13. The quantitative estimate of drug-likeness (QED) is 0.282. The Morgan fingerprint density at radius 1 is 0.655 bits per heavy atom. The first-order chi connectivity index (χ1) is 14.4. The summed E-state index contributed by atoms with van der Waals surface area (Å²) in [5.74, 6) is 0.935. The SMILES string of the molecule is C1=CC(c2cccs2)(c2cccs2)Oc2ccc3c(-c4cccs4)cccc3c21. The molecule has 0 radical (unpaired) electrons. The van der Waals surface area contributed by atoms with Crippen LogP contribution in [0.1, 0.15) is 15.3 Å². The summed E-state index contributed by atoms with van der Waals surface area (Å²) >= 11 is 5.25. The molecule has 0 aliphatic carbocycles. The van der Waals surface area contributed by atoms with E-state index in [1.807, 2.05) is 0 Å². The van der Waals surface area contributed by atoms with E-state index in [1.165, 1.54) is 31.0 Å². The minimum atomic E-state index is -0.547. The van der Waals surface area contributed by atoms with Gasteiger partial charge in [-0.05, 0) is 75.0 Å². The summed E-state index contributed by atoms with van der Waals surface area (Å²) in [6.07, 6.45) is 4.48. The fourth-order valence-corrected chi connectivity index (χ4v) is 6.58. The minimum Gasteiger partial charge on any atom is -0.471 e. The third-order valence-electron chi connectivity index (χ3n) is 5.38. The van der Waals surface area contributed by atoms with Gasteiger partial charge in [0.1, 0.15) is 5.75 Å². The first-order valence-electron chi connectivity index (χ1n) is 9.41. The van der Waals surface area contributed by atoms with E-state index in [0.717, 1.165) is 11.3 Å². The molecule has 140 valence electrons. The lowest BCUT2D eigenvalue weighted by Crippen LogP contribution is -2.32. The Bertz CT molecular complexity index is 1280. The van der Waals surface area contributed by atoms with Crippen LogP contribution in [0, 0.1) is 0 Å². The molecule has 0 unspecified atom stereocenters. The molecule has 0 N–H and O–H groups in total. The van der Waals surface area contributed by atoms with E-state index >= 15 is 0 Å². The first kappa shape index (κ1) is 17.2. The van der Waals surface area contributed by atoms with Crippen LogP contribution in [0.2, 0.25) is 0 Å². The maximum atomic E-state index is 6.78. The van der Waals surface area contributed by atoms with Gasteiger partial charge in [-0.2, -0.15) is 0 Å². The van der Waals surface area contributed by atoms with Gasteiger partial charge in [0.05, 0.1) is 9.75 Å². The second-order valence-electron chi connectivity index (χ2n) is 6.98. The maximum absolute atomic E-state index is 6.78. The van der Waals surface area contributed by atoms with Gasteiger partial charge in [0, 0.05) is 10.4 Å². The highest BCUT2D eigenvalue weighted by atomic mass is 32.1. The zero-order chi connectivity index (χ0) is 19.3. The third kappa shape index (κ3) is 2.64. The highest BCUT2D eigenvalue weighted by Crippen LogP contribution is 2.47. The standard InChI is InChI=1S/C25H16OS3/c1-5-17-18(20(6-1)22-7-2-14-27-22)10-11-21-19(17)12-13-25(26-21,23-8-3-15-28-23)24-9-4-16-29-24/h1-16H. The number of hydrogen-bond acceptors (Lipinski definition) is 4. The normalized spacial score (nSPS) is 14.6. The van der Waals surface area contributed by atoms with Crippen LogP contribution in [0.3, 0.4) is 0 Å². The van der Waals surface area contributed by atoms with Gasteiger partial charge in [0.15, 0.2) is 5.60 Å². The van der Waals surface area contributed by atoms with Crippen molar-refractivity contribution < 1.29 is 4.74 Å². The summed E-state index contributed by atoms with van der Waals surface area (Å²) in [4.78, 5) is 3.70. The Morgan fingerprint density at radius 2 is 1.41 bits per heavy atom. The predicted molar refractivity (Wildman–Crippen MR) is 126 cm³/mol. The molecule has 2 aromatic carbocycles. The minimum absolute atomic E-state index is 0.547. The summed E-state index contributed by atoms with van der Waals surface area (Å²) < 4.78 is 6.78. The zero-order valence-corrected chi connectivity index (χ0v) is 17.8. The molecule has 0 amide bonds. The molecule has 0 fully saturated rings. The van der Waals surface area contributed by atoms with Gasteiger partial charge in [-0.1, -0.05) is 36.4 Å². The van der Waals surface area contributed by atoms with Crippen LogP contribution in [0.4, 0.5) is 0 Å². The molecular formula is C25H16OS3. The number of fused-ring (bicyclic) bond motifs is 3. The summed E-state index contributed by atoms with van der Waals surface area (Å²) in [5.41, 5.74) is 1.89. The molecule has 1 nitrogen and oxygen atoms in total. The van der Waals surface area contributed by atoms with E-state index in [9.17, 15) is 0 Å². The largest absolute Gasteiger partial charge is 0.471 e. The fourth-order valence-electron chi connectivity index (χ4n) is 4.04. The number of ether oxygens (including phenoxy) is 1. The fraction of sp³-hybridized carbons (Fsp3) is 0.0400. The van der Waals surface area contributed by atoms with E-state index in [1.54, 1.807) is 34.0 Å². The average Bonchev–Trinajstić information content (AvgIpc) is 3.55. The number of rotatable bonds is 3. The second-order valence-corrected chi connectivity index (χ2v) is 9.82. The van der Waals surface area contributed by atoms with Gasteiger partial charge in [0.2, 0.25) is 0 Å². The van der Waals surface area contributed by atoms with Gasteiger partial charge in [-0.15, -0.1) is 34.0 Å². The topological polar surface area (TPSA) is 9.23 Å². The molecule has 0 saturated heterocycles. The van der Waals surface area contributed by atoms with Crippen LogP contribution in [-0.2, 0) is 5.60 Å². The lowest BCUT2D eigenvalue weighted by molar-refractivity contribution is 0.169. The Hall–Kier alpha value is -2.66. The molecule has 0 saturated carbocycles. The van der Waals surface area contributed by atoms with Crippen molar-refractivity contribution >= 4 is 50.9 Å². The lowest BCUT2D eigenvalue weighted by atomic mass is 9.91. The summed E-state index contributed by atoms with van der Waals surface area (Å²) in [6, 6.07) is 23.7. The molecule has 0 atom stereocenters. The second kappa shape index (κ2) is 6.70. The van der Waals surface area contributed by atoms with Crippen molar-refractivity contribution in [1.82, 2.24) is 0 Å². The van der Waals surface area contributed by atoms with Crippen molar-refractivity contribution in [3.8, 4) is 16.2 Å². The van der Waals surface area contributed by atoms with Crippen LogP contribution in [0.15, 0.2) is 88.9 Å². The Kier molecular flexibility index (Phi) is 3.98. The van der Waals surface area contributed by atoms with Crippen LogP contribution in [0.5, 0.6) is 5.75 Å². The number of thiophene rings is 3. The smallest absolute Gasteiger partial charge is 0.196 e. The van der Waals surface area contributed by atoms with E-state index in [2.05, 4.69) is 95.0 Å². The van der Waals surface area contributed by atoms with E-state index in [-0.39, 0.29) is 0 Å². The molecular weight excluding hydrogens is 412 g/mol. The van der Waals surface area contributed by atoms with Crippen molar-refractivity contribution in [2.24, 2.45) is 0 Å². The molecule has 5 aromatic rings. The molecule has 1 aliphatic heterocycles. The van der Waals surface area contributed by atoms with Gasteiger partial charge >= 0.3 is 0 Å². The molecule has 3 aromatic heterocycles. The molecule has 29 heavy (non-hydrogen) atoms. The van der Waals surface area contributed by atoms with E-state index in [4.69, 9.17) is 4.74 Å². The highest BCUT2D eigenvalue weighted by Gasteiger charge is 2.39. The van der Waals surface area contributed by atoms with Crippen molar-refractivity contribution in [2.75, 3.05) is 0 Å². The van der Waals surface area contributed by atoms with E-state index < -0.39 is 5.60 Å². The van der Waals surface area contributed by atoms with Crippen molar-refractivity contribution in [1.29, 1.82) is 0 Å². The summed E-state index contributed by atoms with van der Waals surface area (Å²) in [6.45, 7) is 0. The van der Waals surface area contributed by atoms with Crippen LogP contribution >= 0.6 is 34.0 Å². The van der Waals surface area contributed by atoms with Crippen molar-refractivity contribution in [3.05, 3.63) is 104 Å². The summed E-state index contributed by atoms with van der Waals surface area (Å²) in [5, 5.41) is 8.86. The monoisotopic (exact) mass is 428 g/mol. The van der Waals surface area contributed by atoms with Gasteiger partial charge in [0.25, 0.3) is 0 Å². The van der Waals surface area contributed by atoms with Gasteiger partial charge in [-0.3, -0.25) is 0 Å². The predicted octanol–water partition coefficient (Wildman–Crippen LogP) is 8.04. The zero-order valence-electron chi connectivity index (χ0n) is 15.4. The Morgan fingerprint density at radius 3 is 2.10 bits per heavy atom. The third-order valence-corrected chi connectivity index (χ3v) is 8.26. The molecule has 4 heteroatoms. The van der Waals surface area contributed by atoms with Crippen LogP contribution in [0.25, 0.3) is 27.3 Å². The molecule has 1 aliphatic rings. The molecule has 6 rings (SSSR count). The maximum Gasteiger partial charge on any atom is 0.196 e. The van der Waals surface area contributed by atoms with Gasteiger partial charge in [-0.25, -0.2) is 0 Å². The molecule has 0 spiro atoms. The Balaban J connectivity index is 1.56. The summed E-state index contributed by atoms with van der Waals surface area (Å²) in [7, 11) is 0. The molecule has 4 heterocycles. The van der Waals surface area contributed by atoms with Crippen molar-refractivity contribution in [3.63, 3.8) is 0 Å². The molecule has 0 bridgehead atoms. The van der Waals surface area contributed by atoms with E-state index in [0.29, 0.717) is 0 Å². The Labute approximate surface area is 181 Å². The number of hydrogen-bond donors (Lipinski definition) is 0. The average molecular weight is 429 g/mol. The van der Waals surface area contributed by atoms with Crippen LogP contribution < -0.4 is 4.74 Å². The van der Waals surface area contributed by atoms with Crippen molar-refractivity contribution in [2.45, 2.75) is 5.60 Å².